The molecule has 1 aromatic rings. The van der Waals surface area contributed by atoms with Crippen LogP contribution in [0, 0.1) is 0 Å². The zero-order valence-electron chi connectivity index (χ0n) is 10.6. The van der Waals surface area contributed by atoms with Crippen LogP contribution in [0.15, 0.2) is 18.2 Å². The smallest absolute Gasteiger partial charge is 0.0468 e. The van der Waals surface area contributed by atoms with Crippen molar-refractivity contribution < 1.29 is 0 Å². The second-order valence-corrected chi connectivity index (χ2v) is 5.06. The molecule has 1 aromatic carbocycles. The van der Waals surface area contributed by atoms with Crippen LogP contribution in [0.3, 0.4) is 0 Å². The molecule has 1 atom stereocenters. The molecule has 0 aliphatic carbocycles. The van der Waals surface area contributed by atoms with Crippen LogP contribution >= 0.6 is 23.2 Å². The van der Waals surface area contributed by atoms with E-state index in [-0.39, 0.29) is 6.04 Å². The van der Waals surface area contributed by atoms with Gasteiger partial charge in [-0.2, -0.15) is 0 Å². The third-order valence-corrected chi connectivity index (χ3v) is 3.55. The van der Waals surface area contributed by atoms with E-state index in [9.17, 15) is 0 Å². The number of rotatable bonds is 7. The Morgan fingerprint density at radius 1 is 1.12 bits per heavy atom. The number of nitrogens with one attached hydrogen (secondary N) is 1. The molecule has 96 valence electrons. The highest BCUT2D eigenvalue weighted by molar-refractivity contribution is 6.36. The van der Waals surface area contributed by atoms with Gasteiger partial charge in [0.2, 0.25) is 0 Å². The molecule has 0 fully saturated rings. The largest absolute Gasteiger partial charge is 0.310 e. The topological polar surface area (TPSA) is 12.0 Å². The number of hydrogen-bond donors (Lipinski definition) is 1. The van der Waals surface area contributed by atoms with Gasteiger partial charge in [0.25, 0.3) is 0 Å². The van der Waals surface area contributed by atoms with Gasteiger partial charge in [0.05, 0.1) is 0 Å². The molecule has 1 nitrogen and oxygen atoms in total. The molecule has 3 heteroatoms. The minimum absolute atomic E-state index is 0.271. The standard InChI is InChI=1S/C14H21Cl2N/c1-3-5-6-10-13(17-4-2)14-11(15)8-7-9-12(14)16/h7-9,13,17H,3-6,10H2,1-2H3. The summed E-state index contributed by atoms with van der Waals surface area (Å²) in [7, 11) is 0. The normalized spacial score (nSPS) is 12.7. The van der Waals surface area contributed by atoms with E-state index < -0.39 is 0 Å². The lowest BCUT2D eigenvalue weighted by Gasteiger charge is -2.20. The summed E-state index contributed by atoms with van der Waals surface area (Å²) < 4.78 is 0. The first-order valence-electron chi connectivity index (χ1n) is 6.38. The van der Waals surface area contributed by atoms with E-state index in [4.69, 9.17) is 23.2 Å². The summed E-state index contributed by atoms with van der Waals surface area (Å²) in [4.78, 5) is 0. The fourth-order valence-electron chi connectivity index (χ4n) is 2.04. The van der Waals surface area contributed by atoms with Gasteiger partial charge in [-0.1, -0.05) is 62.4 Å². The quantitative estimate of drug-likeness (QED) is 0.672. The minimum atomic E-state index is 0.271. The van der Waals surface area contributed by atoms with Crippen molar-refractivity contribution in [3.63, 3.8) is 0 Å². The highest BCUT2D eigenvalue weighted by Crippen LogP contribution is 2.32. The molecule has 0 radical (unpaired) electrons. The first-order chi connectivity index (χ1) is 8.20. The Morgan fingerprint density at radius 3 is 2.29 bits per heavy atom. The molecule has 0 aliphatic heterocycles. The predicted octanol–water partition coefficient (Wildman–Crippen LogP) is 5.22. The molecular weight excluding hydrogens is 253 g/mol. The van der Waals surface area contributed by atoms with Crippen molar-refractivity contribution in [3.8, 4) is 0 Å². The molecule has 17 heavy (non-hydrogen) atoms. The number of hydrogen-bond acceptors (Lipinski definition) is 1. The predicted molar refractivity (Wildman–Crippen MR) is 77.0 cm³/mol. The maximum Gasteiger partial charge on any atom is 0.0468 e. The first kappa shape index (κ1) is 14.8. The van der Waals surface area contributed by atoms with E-state index in [2.05, 4.69) is 19.2 Å². The Balaban J connectivity index is 2.81. The highest BCUT2D eigenvalue weighted by Gasteiger charge is 2.16. The van der Waals surface area contributed by atoms with Crippen molar-refractivity contribution in [1.82, 2.24) is 5.32 Å². The summed E-state index contributed by atoms with van der Waals surface area (Å²) in [6.07, 6.45) is 4.78. The van der Waals surface area contributed by atoms with Crippen LogP contribution in [0.4, 0.5) is 0 Å². The summed E-state index contributed by atoms with van der Waals surface area (Å²) in [6, 6.07) is 5.98. The van der Waals surface area contributed by atoms with Crippen LogP contribution in [0.1, 0.15) is 51.1 Å². The summed E-state index contributed by atoms with van der Waals surface area (Å²) in [5.74, 6) is 0. The van der Waals surface area contributed by atoms with Crippen LogP contribution in [0.5, 0.6) is 0 Å². The second kappa shape index (κ2) is 7.97. The third-order valence-electron chi connectivity index (χ3n) is 2.90. The summed E-state index contributed by atoms with van der Waals surface area (Å²) >= 11 is 12.5. The SMILES string of the molecule is CCCCCC(NCC)c1c(Cl)cccc1Cl. The number of benzene rings is 1. The van der Waals surface area contributed by atoms with E-state index in [1.165, 1.54) is 19.3 Å². The van der Waals surface area contributed by atoms with Crippen LogP contribution < -0.4 is 5.32 Å². The van der Waals surface area contributed by atoms with Gasteiger partial charge in [-0.15, -0.1) is 0 Å². The van der Waals surface area contributed by atoms with Gasteiger partial charge >= 0.3 is 0 Å². The molecule has 0 amide bonds. The van der Waals surface area contributed by atoms with E-state index in [1.54, 1.807) is 0 Å². The Hall–Kier alpha value is -0.240. The van der Waals surface area contributed by atoms with Gasteiger partial charge in [-0.25, -0.2) is 0 Å². The highest BCUT2D eigenvalue weighted by atomic mass is 35.5. The van der Waals surface area contributed by atoms with Gasteiger partial charge in [0.1, 0.15) is 0 Å². The fraction of sp³-hybridized carbons (Fsp3) is 0.571. The maximum atomic E-state index is 6.25. The Labute approximate surface area is 115 Å². The van der Waals surface area contributed by atoms with Crippen molar-refractivity contribution >= 4 is 23.2 Å². The lowest BCUT2D eigenvalue weighted by Crippen LogP contribution is -2.21. The van der Waals surface area contributed by atoms with E-state index in [1.807, 2.05) is 18.2 Å². The zero-order valence-corrected chi connectivity index (χ0v) is 12.1. The zero-order chi connectivity index (χ0) is 12.7. The minimum Gasteiger partial charge on any atom is -0.310 e. The maximum absolute atomic E-state index is 6.25. The Morgan fingerprint density at radius 2 is 1.76 bits per heavy atom. The summed E-state index contributed by atoms with van der Waals surface area (Å²) in [6.45, 7) is 5.25. The van der Waals surface area contributed by atoms with Crippen LogP contribution in [0.2, 0.25) is 10.0 Å². The van der Waals surface area contributed by atoms with Gasteiger partial charge in [0, 0.05) is 21.7 Å². The molecule has 1 unspecified atom stereocenters. The van der Waals surface area contributed by atoms with Crippen molar-refractivity contribution in [3.05, 3.63) is 33.8 Å². The van der Waals surface area contributed by atoms with Crippen molar-refractivity contribution in [1.29, 1.82) is 0 Å². The molecule has 1 N–H and O–H groups in total. The third kappa shape index (κ3) is 4.50. The van der Waals surface area contributed by atoms with Crippen LogP contribution in [-0.4, -0.2) is 6.54 Å². The van der Waals surface area contributed by atoms with E-state index in [0.29, 0.717) is 0 Å². The number of halogens is 2. The molecule has 0 aromatic heterocycles. The van der Waals surface area contributed by atoms with E-state index >= 15 is 0 Å². The van der Waals surface area contributed by atoms with Crippen molar-refractivity contribution in [2.45, 2.75) is 45.6 Å². The second-order valence-electron chi connectivity index (χ2n) is 4.24. The lowest BCUT2D eigenvalue weighted by atomic mass is 10.00. The Bertz CT molecular complexity index is 319. The summed E-state index contributed by atoms with van der Waals surface area (Å²) in [5.41, 5.74) is 1.05. The van der Waals surface area contributed by atoms with Gasteiger partial charge < -0.3 is 5.32 Å². The average molecular weight is 274 g/mol. The van der Waals surface area contributed by atoms with Crippen LogP contribution in [-0.2, 0) is 0 Å². The Kier molecular flexibility index (Phi) is 6.94. The van der Waals surface area contributed by atoms with Gasteiger partial charge in [-0.05, 0) is 25.1 Å². The molecule has 0 heterocycles. The number of unbranched alkanes of at least 4 members (excludes halogenated alkanes) is 2. The van der Waals surface area contributed by atoms with Crippen molar-refractivity contribution in [2.24, 2.45) is 0 Å². The summed E-state index contributed by atoms with van der Waals surface area (Å²) in [5, 5.41) is 5.00. The molecule has 0 bridgehead atoms. The average Bonchev–Trinajstić information content (AvgIpc) is 2.29. The molecule has 0 saturated heterocycles. The fourth-order valence-corrected chi connectivity index (χ4v) is 2.70. The van der Waals surface area contributed by atoms with E-state index in [0.717, 1.165) is 28.6 Å². The van der Waals surface area contributed by atoms with Gasteiger partial charge in [0.15, 0.2) is 0 Å². The van der Waals surface area contributed by atoms with Crippen molar-refractivity contribution in [2.75, 3.05) is 6.54 Å². The molecule has 1 rings (SSSR count). The molecular formula is C14H21Cl2N. The lowest BCUT2D eigenvalue weighted by molar-refractivity contribution is 0.487. The molecule has 0 aliphatic rings. The first-order valence-corrected chi connectivity index (χ1v) is 7.13. The molecule has 0 spiro atoms. The monoisotopic (exact) mass is 273 g/mol. The molecule has 0 saturated carbocycles. The van der Waals surface area contributed by atoms with Crippen LogP contribution in [0.25, 0.3) is 0 Å². The van der Waals surface area contributed by atoms with Gasteiger partial charge in [-0.3, -0.25) is 0 Å².